The molecule has 2 atom stereocenters. The first-order valence-corrected chi connectivity index (χ1v) is 8.36. The van der Waals surface area contributed by atoms with Gasteiger partial charge in [-0.1, -0.05) is 0 Å². The van der Waals surface area contributed by atoms with Gasteiger partial charge >= 0.3 is 18.4 Å². The van der Waals surface area contributed by atoms with Gasteiger partial charge in [0.1, 0.15) is 5.60 Å². The average molecular weight is 366 g/mol. The number of nitrogens with one attached hydrogen (secondary N) is 1. The number of carbonyl (C=O) groups is 2. The van der Waals surface area contributed by atoms with E-state index < -0.39 is 41.3 Å². The van der Waals surface area contributed by atoms with Gasteiger partial charge in [0.2, 0.25) is 0 Å². The van der Waals surface area contributed by atoms with Crippen LogP contribution < -0.4 is 5.32 Å². The molecule has 0 bridgehead atoms. The molecule has 0 unspecified atom stereocenters. The minimum absolute atomic E-state index is 0.0928. The van der Waals surface area contributed by atoms with Crippen LogP contribution in [-0.4, -0.2) is 53.1 Å². The van der Waals surface area contributed by atoms with E-state index in [1.54, 1.807) is 20.8 Å². The average Bonchev–Trinajstić information content (AvgIpc) is 2.76. The molecule has 1 aliphatic carbocycles. The van der Waals surface area contributed by atoms with Gasteiger partial charge in [0.25, 0.3) is 0 Å². The molecule has 9 heteroatoms. The monoisotopic (exact) mass is 366 g/mol. The highest BCUT2D eigenvalue weighted by atomic mass is 19.4. The zero-order valence-electron chi connectivity index (χ0n) is 14.7. The van der Waals surface area contributed by atoms with Gasteiger partial charge in [-0.15, -0.1) is 0 Å². The zero-order chi connectivity index (χ0) is 19.0. The van der Waals surface area contributed by atoms with Crippen LogP contribution >= 0.6 is 0 Å². The summed E-state index contributed by atoms with van der Waals surface area (Å²) in [6.45, 7) is 5.39. The van der Waals surface area contributed by atoms with E-state index in [0.29, 0.717) is 12.8 Å². The first-order chi connectivity index (χ1) is 11.3. The summed E-state index contributed by atoms with van der Waals surface area (Å²) >= 11 is 0. The summed E-state index contributed by atoms with van der Waals surface area (Å²) in [4.78, 5) is 24.3. The molecule has 1 saturated carbocycles. The maximum absolute atomic E-state index is 13.2. The Balaban J connectivity index is 2.13. The smallest absolute Gasteiger partial charge is 0.407 e. The number of hydrogen-bond donors (Lipinski definition) is 2. The minimum atomic E-state index is -4.33. The zero-order valence-corrected chi connectivity index (χ0v) is 14.7. The number of hydrogen-bond acceptors (Lipinski definition) is 3. The van der Waals surface area contributed by atoms with E-state index in [1.165, 1.54) is 4.90 Å². The molecule has 2 rings (SSSR count). The van der Waals surface area contributed by atoms with Crippen LogP contribution in [0.15, 0.2) is 0 Å². The molecule has 0 aromatic rings. The molecule has 2 aliphatic rings. The summed E-state index contributed by atoms with van der Waals surface area (Å²) in [5.41, 5.74) is -1.49. The molecule has 1 heterocycles. The molecule has 25 heavy (non-hydrogen) atoms. The van der Waals surface area contributed by atoms with Crippen LogP contribution in [0.3, 0.4) is 0 Å². The molecule has 2 N–H and O–H groups in total. The van der Waals surface area contributed by atoms with Crippen molar-refractivity contribution in [1.29, 1.82) is 0 Å². The Hall–Kier alpha value is -1.67. The number of halogens is 3. The van der Waals surface area contributed by atoms with E-state index in [1.807, 2.05) is 0 Å². The number of carbonyl (C=O) groups excluding carboxylic acids is 1. The molecular weight excluding hydrogens is 341 g/mol. The van der Waals surface area contributed by atoms with Crippen LogP contribution in [0, 0.1) is 11.3 Å². The van der Waals surface area contributed by atoms with Crippen molar-refractivity contribution in [2.75, 3.05) is 13.1 Å². The number of amides is 2. The Morgan fingerprint density at radius 1 is 1.20 bits per heavy atom. The summed E-state index contributed by atoms with van der Waals surface area (Å²) in [6, 6.07) is -0.676. The Bertz CT molecular complexity index is 522. The van der Waals surface area contributed by atoms with Crippen LogP contribution in [0.1, 0.15) is 46.5 Å². The van der Waals surface area contributed by atoms with E-state index in [4.69, 9.17) is 9.84 Å². The number of likely N-dealkylation sites (tertiary alicyclic amines) is 1. The minimum Gasteiger partial charge on any atom is -0.465 e. The lowest BCUT2D eigenvalue weighted by molar-refractivity contribution is -0.175. The largest absolute Gasteiger partial charge is 0.465 e. The molecule has 0 aromatic heterocycles. The molecule has 1 spiro atoms. The van der Waals surface area contributed by atoms with Gasteiger partial charge in [-0.25, -0.2) is 9.59 Å². The number of ether oxygens (including phenoxy) is 1. The second-order valence-corrected chi connectivity index (χ2v) is 8.01. The Morgan fingerprint density at radius 3 is 2.20 bits per heavy atom. The summed E-state index contributed by atoms with van der Waals surface area (Å²) in [5.74, 6) is -1.50. The Kier molecular flexibility index (Phi) is 5.16. The predicted octanol–water partition coefficient (Wildman–Crippen LogP) is 3.61. The fourth-order valence-corrected chi connectivity index (χ4v) is 3.86. The molecule has 2 amide bonds. The van der Waals surface area contributed by atoms with Crippen molar-refractivity contribution in [3.05, 3.63) is 0 Å². The quantitative estimate of drug-likeness (QED) is 0.743. The number of nitrogens with zero attached hydrogens (tertiary/aromatic N) is 1. The van der Waals surface area contributed by atoms with E-state index in [-0.39, 0.29) is 25.9 Å². The summed E-state index contributed by atoms with van der Waals surface area (Å²) in [5, 5.41) is 11.7. The van der Waals surface area contributed by atoms with Crippen molar-refractivity contribution in [2.24, 2.45) is 11.3 Å². The van der Waals surface area contributed by atoms with Gasteiger partial charge in [0.15, 0.2) is 0 Å². The van der Waals surface area contributed by atoms with E-state index >= 15 is 0 Å². The van der Waals surface area contributed by atoms with Crippen LogP contribution in [0.25, 0.3) is 0 Å². The molecular formula is C16H25F3N2O4. The Labute approximate surface area is 144 Å². The summed E-state index contributed by atoms with van der Waals surface area (Å²) in [7, 11) is 0. The van der Waals surface area contributed by atoms with Gasteiger partial charge in [0.05, 0.1) is 5.92 Å². The number of carboxylic acid groups (broad SMARTS) is 1. The van der Waals surface area contributed by atoms with Crippen LogP contribution in [0.5, 0.6) is 0 Å². The van der Waals surface area contributed by atoms with Gasteiger partial charge < -0.3 is 20.1 Å². The number of alkyl halides is 3. The number of piperidine rings is 1. The topological polar surface area (TPSA) is 78.9 Å². The van der Waals surface area contributed by atoms with E-state index in [2.05, 4.69) is 5.32 Å². The third kappa shape index (κ3) is 4.70. The number of alkyl carbamates (subject to hydrolysis) is 1. The maximum Gasteiger partial charge on any atom is 0.407 e. The first kappa shape index (κ1) is 19.7. The third-order valence-electron chi connectivity index (χ3n) is 5.10. The summed E-state index contributed by atoms with van der Waals surface area (Å²) < 4.78 is 44.9. The van der Waals surface area contributed by atoms with Crippen LogP contribution in [0.2, 0.25) is 0 Å². The SMILES string of the molecule is CC(C)(C)OC(=O)N[C@@H]1C[C@H](C(F)(F)F)CC12CCN(C(=O)O)CC2. The van der Waals surface area contributed by atoms with Gasteiger partial charge in [0, 0.05) is 19.1 Å². The van der Waals surface area contributed by atoms with Crippen LogP contribution in [-0.2, 0) is 4.74 Å². The van der Waals surface area contributed by atoms with E-state index in [0.717, 1.165) is 0 Å². The fraction of sp³-hybridized carbons (Fsp3) is 0.875. The second kappa shape index (κ2) is 6.57. The van der Waals surface area contributed by atoms with Crippen molar-refractivity contribution >= 4 is 12.2 Å². The van der Waals surface area contributed by atoms with Crippen molar-refractivity contribution < 1.29 is 32.6 Å². The third-order valence-corrected chi connectivity index (χ3v) is 5.10. The molecule has 6 nitrogen and oxygen atoms in total. The molecule has 1 saturated heterocycles. The van der Waals surface area contributed by atoms with Crippen molar-refractivity contribution in [3.8, 4) is 0 Å². The molecule has 144 valence electrons. The fourth-order valence-electron chi connectivity index (χ4n) is 3.86. The van der Waals surface area contributed by atoms with Gasteiger partial charge in [-0.3, -0.25) is 0 Å². The lowest BCUT2D eigenvalue weighted by Gasteiger charge is -2.42. The van der Waals surface area contributed by atoms with E-state index in [9.17, 15) is 22.8 Å². The van der Waals surface area contributed by atoms with Crippen molar-refractivity contribution in [2.45, 2.75) is 64.3 Å². The molecule has 1 aliphatic heterocycles. The first-order valence-electron chi connectivity index (χ1n) is 8.36. The van der Waals surface area contributed by atoms with Crippen molar-refractivity contribution in [3.63, 3.8) is 0 Å². The van der Waals surface area contributed by atoms with Gasteiger partial charge in [-0.05, 0) is 51.9 Å². The number of rotatable bonds is 1. The van der Waals surface area contributed by atoms with Crippen molar-refractivity contribution in [1.82, 2.24) is 10.2 Å². The highest BCUT2D eigenvalue weighted by Gasteiger charge is 2.56. The predicted molar refractivity (Wildman–Crippen MR) is 83.2 cm³/mol. The highest BCUT2D eigenvalue weighted by Crippen LogP contribution is 2.53. The second-order valence-electron chi connectivity index (χ2n) is 8.01. The molecule has 0 radical (unpaired) electrons. The summed E-state index contributed by atoms with van der Waals surface area (Å²) in [6.07, 6.45) is -5.84. The standard InChI is InChI=1S/C16H25F3N2O4/c1-14(2,3)25-12(22)20-11-8-10(16(17,18)19)9-15(11)4-6-21(7-5-15)13(23)24/h10-11H,4-9H2,1-3H3,(H,20,22)(H,23,24)/t10-,11+/m0/s1. The Morgan fingerprint density at radius 2 is 1.76 bits per heavy atom. The maximum atomic E-state index is 13.2. The normalized spacial score (nSPS) is 26.6. The highest BCUT2D eigenvalue weighted by molar-refractivity contribution is 5.68. The molecule has 0 aromatic carbocycles. The van der Waals surface area contributed by atoms with Crippen LogP contribution in [0.4, 0.5) is 22.8 Å². The van der Waals surface area contributed by atoms with Gasteiger partial charge in [-0.2, -0.15) is 13.2 Å². The lowest BCUT2D eigenvalue weighted by Crippen LogP contribution is -2.51. The lowest BCUT2D eigenvalue weighted by atomic mass is 9.73. The molecule has 2 fully saturated rings.